The third kappa shape index (κ3) is 3.77. The van der Waals surface area contributed by atoms with Crippen molar-refractivity contribution in [1.29, 1.82) is 0 Å². The lowest BCUT2D eigenvalue weighted by atomic mass is 10.1. The molecule has 0 saturated carbocycles. The number of rotatable bonds is 5. The second kappa shape index (κ2) is 7.41. The molecule has 0 radical (unpaired) electrons. The maximum absolute atomic E-state index is 12.9. The zero-order valence-corrected chi connectivity index (χ0v) is 15.1. The highest BCUT2D eigenvalue weighted by Gasteiger charge is 2.25. The van der Waals surface area contributed by atoms with E-state index in [1.807, 2.05) is 30.0 Å². The zero-order chi connectivity index (χ0) is 17.9. The van der Waals surface area contributed by atoms with Crippen LogP contribution in [0.1, 0.15) is 19.8 Å². The van der Waals surface area contributed by atoms with Gasteiger partial charge in [0.15, 0.2) is 0 Å². The lowest BCUT2D eigenvalue weighted by Gasteiger charge is -2.31. The summed E-state index contributed by atoms with van der Waals surface area (Å²) in [7, 11) is -3.66. The van der Waals surface area contributed by atoms with Crippen LogP contribution in [-0.4, -0.2) is 44.2 Å². The Balaban J connectivity index is 1.85. The Labute approximate surface area is 148 Å². The van der Waals surface area contributed by atoms with Crippen molar-refractivity contribution in [2.75, 3.05) is 28.8 Å². The fourth-order valence-corrected chi connectivity index (χ4v) is 4.51. The van der Waals surface area contributed by atoms with E-state index in [-0.39, 0.29) is 11.0 Å². The summed E-state index contributed by atoms with van der Waals surface area (Å²) in [5.41, 5.74) is 0.633. The first-order valence-corrected chi connectivity index (χ1v) is 9.93. The summed E-state index contributed by atoms with van der Waals surface area (Å²) in [5, 5.41) is 9.78. The number of aliphatic hydroxyl groups excluding tert-OH is 1. The van der Waals surface area contributed by atoms with Crippen molar-refractivity contribution < 1.29 is 13.5 Å². The number of sulfonamides is 1. The molecular formula is C18H23N3O3S. The number of nitrogens with zero attached hydrogens (tertiary/aromatic N) is 3. The second-order valence-corrected chi connectivity index (χ2v) is 7.96. The van der Waals surface area contributed by atoms with E-state index in [1.165, 1.54) is 10.5 Å². The lowest BCUT2D eigenvalue weighted by Crippen LogP contribution is -2.38. The van der Waals surface area contributed by atoms with Crippen LogP contribution in [0, 0.1) is 0 Å². The molecule has 1 fully saturated rings. The van der Waals surface area contributed by atoms with Gasteiger partial charge in [0, 0.05) is 25.8 Å². The SMILES string of the molecule is CCN(c1ccccc1)S(=O)(=O)c1ccc(N2CCC[C@H](O)C2)nc1. The van der Waals surface area contributed by atoms with Gasteiger partial charge in [-0.1, -0.05) is 18.2 Å². The Bertz CT molecular complexity index is 794. The summed E-state index contributed by atoms with van der Waals surface area (Å²) < 4.78 is 27.2. The van der Waals surface area contributed by atoms with Crippen LogP contribution in [0.25, 0.3) is 0 Å². The molecule has 1 saturated heterocycles. The van der Waals surface area contributed by atoms with Crippen LogP contribution in [0.4, 0.5) is 11.5 Å². The van der Waals surface area contributed by atoms with Gasteiger partial charge >= 0.3 is 0 Å². The summed E-state index contributed by atoms with van der Waals surface area (Å²) in [6.45, 7) is 3.50. The first-order chi connectivity index (χ1) is 12.0. The van der Waals surface area contributed by atoms with Crippen molar-refractivity contribution in [3.8, 4) is 0 Å². The number of aliphatic hydroxyl groups is 1. The molecule has 1 aromatic carbocycles. The van der Waals surface area contributed by atoms with Gasteiger partial charge in [0.25, 0.3) is 10.0 Å². The standard InChI is InChI=1S/C18H23N3O3S/c1-2-21(15-7-4-3-5-8-15)25(23,24)17-10-11-18(19-13-17)20-12-6-9-16(22)14-20/h3-5,7-8,10-11,13,16,22H,2,6,9,12,14H2,1H3/t16-/m0/s1. The number of hydrogen-bond donors (Lipinski definition) is 1. The number of para-hydroxylation sites is 1. The molecule has 1 atom stereocenters. The highest BCUT2D eigenvalue weighted by Crippen LogP contribution is 2.24. The summed E-state index contributed by atoms with van der Waals surface area (Å²) in [4.78, 5) is 6.47. The van der Waals surface area contributed by atoms with Crippen molar-refractivity contribution in [2.24, 2.45) is 0 Å². The van der Waals surface area contributed by atoms with Gasteiger partial charge < -0.3 is 10.0 Å². The topological polar surface area (TPSA) is 73.7 Å². The highest BCUT2D eigenvalue weighted by atomic mass is 32.2. The molecule has 0 unspecified atom stereocenters. The molecule has 0 aliphatic carbocycles. The number of anilines is 2. The number of benzene rings is 1. The third-order valence-electron chi connectivity index (χ3n) is 4.36. The average molecular weight is 361 g/mol. The second-order valence-electron chi connectivity index (χ2n) is 6.10. The average Bonchev–Trinajstić information content (AvgIpc) is 2.63. The summed E-state index contributed by atoms with van der Waals surface area (Å²) >= 11 is 0. The summed E-state index contributed by atoms with van der Waals surface area (Å²) in [6, 6.07) is 12.3. The Morgan fingerprint density at radius 2 is 2.00 bits per heavy atom. The first kappa shape index (κ1) is 17.7. The fourth-order valence-electron chi connectivity index (χ4n) is 3.09. The van der Waals surface area contributed by atoms with Crippen LogP contribution in [0.15, 0.2) is 53.6 Å². The Morgan fingerprint density at radius 3 is 2.60 bits per heavy atom. The number of β-amino-alcohol motifs (C(OH)–C–C–N with tert-alkyl or cyclic N) is 1. The predicted octanol–water partition coefficient (Wildman–Crippen LogP) is 2.26. The van der Waals surface area contributed by atoms with Crippen LogP contribution < -0.4 is 9.21 Å². The predicted molar refractivity (Wildman–Crippen MR) is 98.3 cm³/mol. The number of piperidine rings is 1. The zero-order valence-electron chi connectivity index (χ0n) is 14.2. The third-order valence-corrected chi connectivity index (χ3v) is 6.25. The van der Waals surface area contributed by atoms with Crippen molar-refractivity contribution >= 4 is 21.5 Å². The molecule has 0 spiro atoms. The molecule has 1 aromatic heterocycles. The van der Waals surface area contributed by atoms with E-state index in [9.17, 15) is 13.5 Å². The molecule has 3 rings (SSSR count). The molecule has 1 N–H and O–H groups in total. The van der Waals surface area contributed by atoms with Crippen LogP contribution in [-0.2, 0) is 10.0 Å². The first-order valence-electron chi connectivity index (χ1n) is 8.49. The Kier molecular flexibility index (Phi) is 5.24. The fraction of sp³-hybridized carbons (Fsp3) is 0.389. The van der Waals surface area contributed by atoms with Crippen molar-refractivity contribution in [3.05, 3.63) is 48.7 Å². The van der Waals surface area contributed by atoms with Gasteiger partial charge in [0.05, 0.1) is 11.8 Å². The Morgan fingerprint density at radius 1 is 1.24 bits per heavy atom. The van der Waals surface area contributed by atoms with Crippen LogP contribution in [0.5, 0.6) is 0 Å². The molecule has 25 heavy (non-hydrogen) atoms. The Hall–Kier alpha value is -2.12. The van der Waals surface area contributed by atoms with E-state index in [1.54, 1.807) is 24.3 Å². The van der Waals surface area contributed by atoms with Gasteiger partial charge in [-0.3, -0.25) is 4.31 Å². The highest BCUT2D eigenvalue weighted by molar-refractivity contribution is 7.92. The van der Waals surface area contributed by atoms with E-state index < -0.39 is 10.0 Å². The van der Waals surface area contributed by atoms with Crippen molar-refractivity contribution in [3.63, 3.8) is 0 Å². The maximum atomic E-state index is 12.9. The van der Waals surface area contributed by atoms with E-state index in [4.69, 9.17) is 0 Å². The normalized spacial score (nSPS) is 18.2. The van der Waals surface area contributed by atoms with Crippen molar-refractivity contribution in [2.45, 2.75) is 30.8 Å². The molecule has 0 bridgehead atoms. The minimum atomic E-state index is -3.66. The number of aromatic nitrogens is 1. The van der Waals surface area contributed by atoms with Gasteiger partial charge in [0.2, 0.25) is 0 Å². The van der Waals surface area contributed by atoms with Gasteiger partial charge in [0.1, 0.15) is 10.7 Å². The molecule has 6 nitrogen and oxygen atoms in total. The largest absolute Gasteiger partial charge is 0.391 e. The molecule has 2 heterocycles. The molecule has 134 valence electrons. The van der Waals surface area contributed by atoms with Gasteiger partial charge in [-0.05, 0) is 44.0 Å². The number of hydrogen-bond acceptors (Lipinski definition) is 5. The van der Waals surface area contributed by atoms with Gasteiger partial charge in [-0.2, -0.15) is 0 Å². The lowest BCUT2D eigenvalue weighted by molar-refractivity contribution is 0.154. The molecule has 2 aromatic rings. The van der Waals surface area contributed by atoms with Crippen molar-refractivity contribution in [1.82, 2.24) is 4.98 Å². The minimum absolute atomic E-state index is 0.166. The molecule has 1 aliphatic rings. The molecule has 0 amide bonds. The van der Waals surface area contributed by atoms with E-state index in [2.05, 4.69) is 4.98 Å². The van der Waals surface area contributed by atoms with Crippen LogP contribution >= 0.6 is 0 Å². The maximum Gasteiger partial charge on any atom is 0.265 e. The van der Waals surface area contributed by atoms with E-state index in [0.717, 1.165) is 19.4 Å². The monoisotopic (exact) mass is 361 g/mol. The summed E-state index contributed by atoms with van der Waals surface area (Å²) in [5.74, 6) is 0.695. The van der Waals surface area contributed by atoms with E-state index >= 15 is 0 Å². The van der Waals surface area contributed by atoms with Crippen LogP contribution in [0.2, 0.25) is 0 Å². The molecule has 7 heteroatoms. The molecular weight excluding hydrogens is 338 g/mol. The minimum Gasteiger partial charge on any atom is -0.391 e. The van der Waals surface area contributed by atoms with Gasteiger partial charge in [-0.15, -0.1) is 0 Å². The van der Waals surface area contributed by atoms with E-state index in [0.29, 0.717) is 24.6 Å². The smallest absolute Gasteiger partial charge is 0.265 e. The quantitative estimate of drug-likeness (QED) is 0.884. The number of pyridine rings is 1. The summed E-state index contributed by atoms with van der Waals surface area (Å²) in [6.07, 6.45) is 2.75. The van der Waals surface area contributed by atoms with Crippen LogP contribution in [0.3, 0.4) is 0 Å². The van der Waals surface area contributed by atoms with Gasteiger partial charge in [-0.25, -0.2) is 13.4 Å². The molecule has 1 aliphatic heterocycles.